The lowest BCUT2D eigenvalue weighted by Crippen LogP contribution is -2.46. The molecule has 3 heterocycles. The molecule has 8 heteroatoms. The zero-order valence-electron chi connectivity index (χ0n) is 17.1. The molecule has 160 valence electrons. The first-order valence-corrected chi connectivity index (χ1v) is 11.9. The van der Waals surface area contributed by atoms with Gasteiger partial charge in [-0.15, -0.1) is 10.2 Å². The van der Waals surface area contributed by atoms with E-state index in [0.717, 1.165) is 42.9 Å². The van der Waals surface area contributed by atoms with Crippen molar-refractivity contribution in [3.8, 4) is 11.4 Å². The number of nitrogens with zero attached hydrogens (tertiary/aromatic N) is 4. The number of thioether (sulfide) groups is 1. The molecule has 2 aromatic carbocycles. The molecule has 2 aliphatic heterocycles. The summed E-state index contributed by atoms with van der Waals surface area (Å²) in [4.78, 5) is 15.7. The standard InChI is InChI=1S/C23H24ClN5OS/c24-18-12-10-16(11-13-18)19-20(22(30)28-14-6-1-2-7-15-28)31-23-26-25-21(29(23)27-19)17-8-4-3-5-9-17/h3-5,8-13,19-20,27H,1-2,6-7,14-15H2/t19-,20+/m0/s1. The molecule has 0 aliphatic carbocycles. The topological polar surface area (TPSA) is 63.1 Å². The molecule has 1 amide bonds. The number of hydrogen-bond donors (Lipinski definition) is 1. The molecule has 1 N–H and O–H groups in total. The van der Waals surface area contributed by atoms with Crippen molar-refractivity contribution < 1.29 is 4.79 Å². The van der Waals surface area contributed by atoms with E-state index in [-0.39, 0.29) is 17.2 Å². The summed E-state index contributed by atoms with van der Waals surface area (Å²) < 4.78 is 1.91. The molecule has 1 aromatic heterocycles. The van der Waals surface area contributed by atoms with E-state index < -0.39 is 0 Å². The highest BCUT2D eigenvalue weighted by Gasteiger charge is 2.40. The summed E-state index contributed by atoms with van der Waals surface area (Å²) in [5, 5.41) is 9.87. The van der Waals surface area contributed by atoms with Crippen LogP contribution in [0.1, 0.15) is 37.3 Å². The molecule has 0 spiro atoms. The minimum Gasteiger partial charge on any atom is -0.342 e. The van der Waals surface area contributed by atoms with Gasteiger partial charge in [0.25, 0.3) is 0 Å². The van der Waals surface area contributed by atoms with Crippen molar-refractivity contribution >= 4 is 29.3 Å². The lowest BCUT2D eigenvalue weighted by Gasteiger charge is -2.35. The molecule has 6 nitrogen and oxygen atoms in total. The Kier molecular flexibility index (Phi) is 5.87. The summed E-state index contributed by atoms with van der Waals surface area (Å²) >= 11 is 7.62. The Morgan fingerprint density at radius 2 is 1.68 bits per heavy atom. The molecule has 31 heavy (non-hydrogen) atoms. The Hall–Kier alpha value is -2.51. The Bertz CT molecular complexity index is 1050. The van der Waals surface area contributed by atoms with Crippen molar-refractivity contribution in [2.75, 3.05) is 18.5 Å². The second-order valence-electron chi connectivity index (χ2n) is 7.94. The van der Waals surface area contributed by atoms with Gasteiger partial charge in [-0.1, -0.05) is 78.7 Å². The number of rotatable bonds is 3. The maximum Gasteiger partial charge on any atom is 0.238 e. The highest BCUT2D eigenvalue weighted by atomic mass is 35.5. The first-order chi connectivity index (χ1) is 15.2. The third-order valence-electron chi connectivity index (χ3n) is 5.86. The van der Waals surface area contributed by atoms with Gasteiger partial charge in [0.1, 0.15) is 5.25 Å². The van der Waals surface area contributed by atoms with Crippen LogP contribution in [-0.2, 0) is 4.79 Å². The van der Waals surface area contributed by atoms with Gasteiger partial charge in [-0.3, -0.25) is 4.79 Å². The van der Waals surface area contributed by atoms with Crippen LogP contribution in [0.4, 0.5) is 0 Å². The van der Waals surface area contributed by atoms with Gasteiger partial charge in [-0.05, 0) is 30.5 Å². The van der Waals surface area contributed by atoms with Gasteiger partial charge in [0.15, 0.2) is 5.82 Å². The number of hydrogen-bond acceptors (Lipinski definition) is 5. The molecule has 2 atom stereocenters. The van der Waals surface area contributed by atoms with E-state index in [1.165, 1.54) is 24.6 Å². The molecule has 3 aromatic rings. The maximum absolute atomic E-state index is 13.6. The zero-order valence-corrected chi connectivity index (χ0v) is 18.6. The highest BCUT2D eigenvalue weighted by Crippen LogP contribution is 2.39. The maximum atomic E-state index is 13.6. The van der Waals surface area contributed by atoms with Gasteiger partial charge in [-0.2, -0.15) is 0 Å². The smallest absolute Gasteiger partial charge is 0.238 e. The van der Waals surface area contributed by atoms with Crippen LogP contribution in [0.15, 0.2) is 59.8 Å². The van der Waals surface area contributed by atoms with Crippen LogP contribution in [-0.4, -0.2) is 44.0 Å². The summed E-state index contributed by atoms with van der Waals surface area (Å²) in [7, 11) is 0. The average Bonchev–Trinajstić information content (AvgIpc) is 3.02. The van der Waals surface area contributed by atoms with Crippen LogP contribution in [0.5, 0.6) is 0 Å². The van der Waals surface area contributed by atoms with E-state index in [0.29, 0.717) is 10.2 Å². The van der Waals surface area contributed by atoms with Gasteiger partial charge in [0, 0.05) is 23.7 Å². The van der Waals surface area contributed by atoms with Crippen LogP contribution >= 0.6 is 23.4 Å². The Labute approximate surface area is 191 Å². The Morgan fingerprint density at radius 3 is 2.39 bits per heavy atom. The zero-order chi connectivity index (χ0) is 21.2. The van der Waals surface area contributed by atoms with Gasteiger partial charge in [-0.25, -0.2) is 4.68 Å². The van der Waals surface area contributed by atoms with Crippen molar-refractivity contribution in [1.29, 1.82) is 0 Å². The number of likely N-dealkylation sites (tertiary alicyclic amines) is 1. The molecule has 0 bridgehead atoms. The number of carbonyl (C=O) groups is 1. The van der Waals surface area contributed by atoms with Crippen LogP contribution in [0.2, 0.25) is 5.02 Å². The molecule has 0 unspecified atom stereocenters. The summed E-state index contributed by atoms with van der Waals surface area (Å²) in [6.07, 6.45) is 4.51. The van der Waals surface area contributed by atoms with Crippen molar-refractivity contribution in [3.63, 3.8) is 0 Å². The second-order valence-corrected chi connectivity index (χ2v) is 9.49. The lowest BCUT2D eigenvalue weighted by molar-refractivity contribution is -0.131. The fourth-order valence-corrected chi connectivity index (χ4v) is 5.50. The summed E-state index contributed by atoms with van der Waals surface area (Å²) in [5.74, 6) is 0.901. The highest BCUT2D eigenvalue weighted by molar-refractivity contribution is 8.00. The number of aromatic nitrogens is 3. The number of carbonyl (C=O) groups excluding carboxylic acids is 1. The van der Waals surface area contributed by atoms with E-state index in [9.17, 15) is 4.79 Å². The van der Waals surface area contributed by atoms with Crippen molar-refractivity contribution in [3.05, 3.63) is 65.2 Å². The molecule has 2 aliphatic rings. The molecule has 0 radical (unpaired) electrons. The quantitative estimate of drug-likeness (QED) is 0.619. The first-order valence-electron chi connectivity index (χ1n) is 10.7. The minimum absolute atomic E-state index is 0.162. The molecular formula is C23H24ClN5OS. The number of amides is 1. The summed E-state index contributed by atoms with van der Waals surface area (Å²) in [5.41, 5.74) is 5.54. The molecule has 1 fully saturated rings. The summed E-state index contributed by atoms with van der Waals surface area (Å²) in [6, 6.07) is 17.5. The van der Waals surface area contributed by atoms with Gasteiger partial charge < -0.3 is 10.3 Å². The Morgan fingerprint density at radius 1 is 0.968 bits per heavy atom. The van der Waals surface area contributed by atoms with E-state index >= 15 is 0 Å². The molecule has 1 saturated heterocycles. The van der Waals surface area contributed by atoms with Crippen molar-refractivity contribution in [2.24, 2.45) is 0 Å². The fraction of sp³-hybridized carbons (Fsp3) is 0.348. The predicted octanol–water partition coefficient (Wildman–Crippen LogP) is 4.76. The van der Waals surface area contributed by atoms with E-state index in [2.05, 4.69) is 15.6 Å². The third-order valence-corrected chi connectivity index (χ3v) is 7.31. The number of halogens is 1. The second kappa shape index (κ2) is 8.93. The average molecular weight is 454 g/mol. The van der Waals surface area contributed by atoms with Crippen LogP contribution < -0.4 is 5.43 Å². The largest absolute Gasteiger partial charge is 0.342 e. The van der Waals surface area contributed by atoms with Crippen molar-refractivity contribution in [1.82, 2.24) is 19.8 Å². The third kappa shape index (κ3) is 4.16. The van der Waals surface area contributed by atoms with Crippen LogP contribution in [0.25, 0.3) is 11.4 Å². The van der Waals surface area contributed by atoms with Crippen LogP contribution in [0, 0.1) is 0 Å². The Balaban J connectivity index is 1.52. The molecular weight excluding hydrogens is 430 g/mol. The van der Waals surface area contributed by atoms with Crippen molar-refractivity contribution in [2.45, 2.75) is 42.1 Å². The number of nitrogens with one attached hydrogen (secondary N) is 1. The monoisotopic (exact) mass is 453 g/mol. The van der Waals surface area contributed by atoms with E-state index in [1.54, 1.807) is 0 Å². The van der Waals surface area contributed by atoms with Gasteiger partial charge in [0.2, 0.25) is 11.1 Å². The van der Waals surface area contributed by atoms with Crippen LogP contribution in [0.3, 0.4) is 0 Å². The van der Waals surface area contributed by atoms with Gasteiger partial charge >= 0.3 is 0 Å². The van der Waals surface area contributed by atoms with Gasteiger partial charge in [0.05, 0.1) is 6.04 Å². The first kappa shape index (κ1) is 20.4. The predicted molar refractivity (Wildman–Crippen MR) is 124 cm³/mol. The summed E-state index contributed by atoms with van der Waals surface area (Å²) in [6.45, 7) is 1.65. The number of benzene rings is 2. The lowest BCUT2D eigenvalue weighted by atomic mass is 10.0. The normalized spacial score (nSPS) is 21.1. The van der Waals surface area contributed by atoms with E-state index in [1.807, 2.05) is 64.2 Å². The number of fused-ring (bicyclic) bond motifs is 1. The van der Waals surface area contributed by atoms with E-state index in [4.69, 9.17) is 11.6 Å². The minimum atomic E-state index is -0.320. The molecule has 5 rings (SSSR count). The molecule has 0 saturated carbocycles. The SMILES string of the molecule is O=C([C@@H]1Sc2nnc(-c3ccccc3)n2N[C@H]1c1ccc(Cl)cc1)N1CCCCCC1. The fourth-order valence-electron chi connectivity index (χ4n) is 4.21.